The van der Waals surface area contributed by atoms with Crippen LogP contribution in [-0.4, -0.2) is 60.4 Å². The number of hydrogen-bond acceptors (Lipinski definition) is 6. The molecule has 1 saturated heterocycles. The Balaban J connectivity index is 2.72. The van der Waals surface area contributed by atoms with Crippen molar-refractivity contribution >= 4 is 23.6 Å². The molecule has 0 spiro atoms. The van der Waals surface area contributed by atoms with Crippen molar-refractivity contribution in [2.75, 3.05) is 19.6 Å². The number of ketones is 1. The van der Waals surface area contributed by atoms with E-state index in [4.69, 9.17) is 10.8 Å². The van der Waals surface area contributed by atoms with E-state index in [1.54, 1.807) is 0 Å². The van der Waals surface area contributed by atoms with Gasteiger partial charge in [0.15, 0.2) is 5.78 Å². The number of carbonyl (C=O) groups excluding carboxylic acids is 3. The van der Waals surface area contributed by atoms with Crippen molar-refractivity contribution in [3.63, 3.8) is 0 Å². The predicted octanol–water partition coefficient (Wildman–Crippen LogP) is -3.44. The Bertz CT molecular complexity index is 397. The molecular weight excluding hydrogens is 256 g/mol. The maximum absolute atomic E-state index is 11.6. The first-order chi connectivity index (χ1) is 8.90. The number of amides is 2. The molecule has 1 heterocycles. The smallest absolute Gasteiger partial charge is 0.322 e. The molecule has 1 fully saturated rings. The molecule has 0 radical (unpaired) electrons. The third-order valence-electron chi connectivity index (χ3n) is 2.58. The van der Waals surface area contributed by atoms with Crippen LogP contribution in [0.5, 0.6) is 0 Å². The zero-order valence-corrected chi connectivity index (χ0v) is 10.1. The molecule has 0 aliphatic carbocycles. The molecule has 2 amide bonds. The molecule has 1 aliphatic rings. The summed E-state index contributed by atoms with van der Waals surface area (Å²) < 4.78 is 0. The lowest BCUT2D eigenvalue weighted by Gasteiger charge is -2.18. The Labute approximate surface area is 108 Å². The average molecular weight is 272 g/mol. The number of hydrogen-bond donors (Lipinski definition) is 5. The summed E-state index contributed by atoms with van der Waals surface area (Å²) in [6.45, 7) is -0.557. The maximum atomic E-state index is 11.6. The second-order valence-corrected chi connectivity index (χ2v) is 4.13. The van der Waals surface area contributed by atoms with E-state index in [0.717, 1.165) is 0 Å². The van der Waals surface area contributed by atoms with Gasteiger partial charge < -0.3 is 21.5 Å². The average Bonchev–Trinajstić information content (AvgIpc) is 2.33. The SMILES string of the molecule is NC1CNC(=O)CC(=O)NCC(C(=O)O)NCC1=O. The first kappa shape index (κ1) is 15.1. The number of nitrogens with one attached hydrogen (secondary N) is 3. The molecule has 0 aromatic carbocycles. The minimum Gasteiger partial charge on any atom is -0.480 e. The van der Waals surface area contributed by atoms with Crippen molar-refractivity contribution in [3.8, 4) is 0 Å². The summed E-state index contributed by atoms with van der Waals surface area (Å²) in [6.07, 6.45) is -0.437. The molecule has 6 N–H and O–H groups in total. The number of Topliss-reactive ketones (excluding diaryl/α,β-unsaturated/α-hetero) is 1. The monoisotopic (exact) mass is 272 g/mol. The highest BCUT2D eigenvalue weighted by Gasteiger charge is 2.23. The summed E-state index contributed by atoms with van der Waals surface area (Å²) in [5, 5.41) is 16.0. The Morgan fingerprint density at radius 1 is 1.16 bits per heavy atom. The lowest BCUT2D eigenvalue weighted by Crippen LogP contribution is -2.53. The van der Waals surface area contributed by atoms with Crippen LogP contribution >= 0.6 is 0 Å². The summed E-state index contributed by atoms with van der Waals surface area (Å²) >= 11 is 0. The number of rotatable bonds is 1. The van der Waals surface area contributed by atoms with Gasteiger partial charge >= 0.3 is 5.97 Å². The third kappa shape index (κ3) is 5.02. The Hall–Kier alpha value is -2.00. The zero-order valence-electron chi connectivity index (χ0n) is 10.1. The molecule has 2 unspecified atom stereocenters. The van der Waals surface area contributed by atoms with Gasteiger partial charge in [-0.1, -0.05) is 0 Å². The molecule has 106 valence electrons. The quantitative estimate of drug-likeness (QED) is 0.311. The summed E-state index contributed by atoms with van der Waals surface area (Å²) in [4.78, 5) is 45.1. The van der Waals surface area contributed by atoms with Gasteiger partial charge in [-0.05, 0) is 0 Å². The normalized spacial score (nSPS) is 26.7. The third-order valence-corrected chi connectivity index (χ3v) is 2.58. The highest BCUT2D eigenvalue weighted by atomic mass is 16.4. The maximum Gasteiger partial charge on any atom is 0.322 e. The standard InChI is InChI=1S/C10H16N4O5/c11-5-2-13-8(16)1-9(17)14-3-6(10(18)19)12-4-7(5)15/h5-6,12H,1-4,11H2,(H,13,16)(H,14,17)(H,18,19). The molecule has 0 aromatic rings. The second-order valence-electron chi connectivity index (χ2n) is 4.13. The second kappa shape index (κ2) is 6.81. The van der Waals surface area contributed by atoms with Gasteiger partial charge in [0, 0.05) is 13.1 Å². The lowest BCUT2D eigenvalue weighted by molar-refractivity contribution is -0.139. The van der Waals surface area contributed by atoms with Crippen molar-refractivity contribution in [3.05, 3.63) is 0 Å². The first-order valence-corrected chi connectivity index (χ1v) is 5.68. The fourth-order valence-corrected chi connectivity index (χ4v) is 1.43. The molecule has 1 aliphatic heterocycles. The molecule has 0 saturated carbocycles. The first-order valence-electron chi connectivity index (χ1n) is 5.68. The molecule has 9 heteroatoms. The van der Waals surface area contributed by atoms with Gasteiger partial charge in [0.1, 0.15) is 12.5 Å². The summed E-state index contributed by atoms with van der Waals surface area (Å²) in [7, 11) is 0. The van der Waals surface area contributed by atoms with E-state index in [-0.39, 0.29) is 19.6 Å². The van der Waals surface area contributed by atoms with Crippen LogP contribution in [0.25, 0.3) is 0 Å². The fourth-order valence-electron chi connectivity index (χ4n) is 1.43. The van der Waals surface area contributed by atoms with Crippen molar-refractivity contribution in [2.24, 2.45) is 5.73 Å². The van der Waals surface area contributed by atoms with Crippen LogP contribution in [-0.2, 0) is 19.2 Å². The number of aliphatic carboxylic acids is 1. The van der Waals surface area contributed by atoms with E-state index in [0.29, 0.717) is 0 Å². The molecule has 0 aromatic heterocycles. The van der Waals surface area contributed by atoms with Crippen LogP contribution in [0.3, 0.4) is 0 Å². The number of carbonyl (C=O) groups is 4. The van der Waals surface area contributed by atoms with Crippen LogP contribution < -0.4 is 21.7 Å². The number of carboxylic acid groups (broad SMARTS) is 1. The van der Waals surface area contributed by atoms with Crippen LogP contribution in [0.1, 0.15) is 6.42 Å². The summed E-state index contributed by atoms with van der Waals surface area (Å²) in [6, 6.07) is -2.05. The Morgan fingerprint density at radius 3 is 2.32 bits per heavy atom. The summed E-state index contributed by atoms with van der Waals surface area (Å²) in [5.74, 6) is -2.78. The van der Waals surface area contributed by atoms with Gasteiger partial charge in [-0.15, -0.1) is 0 Å². The molecule has 2 atom stereocenters. The minimum atomic E-state index is -1.21. The van der Waals surface area contributed by atoms with Crippen molar-refractivity contribution in [1.82, 2.24) is 16.0 Å². The Morgan fingerprint density at radius 2 is 1.74 bits per heavy atom. The molecule has 0 bridgehead atoms. The van der Waals surface area contributed by atoms with E-state index < -0.39 is 42.1 Å². The molecule has 1 rings (SSSR count). The van der Waals surface area contributed by atoms with Gasteiger partial charge in [-0.3, -0.25) is 24.5 Å². The largest absolute Gasteiger partial charge is 0.480 e. The summed E-state index contributed by atoms with van der Waals surface area (Å²) in [5.41, 5.74) is 5.52. The molecule has 19 heavy (non-hydrogen) atoms. The zero-order chi connectivity index (χ0) is 14.4. The van der Waals surface area contributed by atoms with Gasteiger partial charge in [0.25, 0.3) is 0 Å². The number of nitrogens with two attached hydrogens (primary N) is 1. The predicted molar refractivity (Wildman–Crippen MR) is 63.0 cm³/mol. The van der Waals surface area contributed by atoms with Crippen LogP contribution in [0, 0.1) is 0 Å². The minimum absolute atomic E-state index is 0.0929. The molecule has 9 nitrogen and oxygen atoms in total. The topological polar surface area (TPSA) is 151 Å². The lowest BCUT2D eigenvalue weighted by atomic mass is 10.1. The van der Waals surface area contributed by atoms with Gasteiger partial charge in [0.05, 0.1) is 12.6 Å². The van der Waals surface area contributed by atoms with Crippen LogP contribution in [0.15, 0.2) is 0 Å². The van der Waals surface area contributed by atoms with Gasteiger partial charge in [-0.25, -0.2) is 0 Å². The Kier molecular flexibility index (Phi) is 5.39. The van der Waals surface area contributed by atoms with Gasteiger partial charge in [0.2, 0.25) is 11.8 Å². The van der Waals surface area contributed by atoms with Crippen LogP contribution in [0.2, 0.25) is 0 Å². The highest BCUT2D eigenvalue weighted by molar-refractivity contribution is 5.97. The van der Waals surface area contributed by atoms with E-state index in [9.17, 15) is 19.2 Å². The van der Waals surface area contributed by atoms with E-state index >= 15 is 0 Å². The molecular formula is C10H16N4O5. The van der Waals surface area contributed by atoms with Crippen molar-refractivity contribution in [1.29, 1.82) is 0 Å². The van der Waals surface area contributed by atoms with E-state index in [1.807, 2.05) is 0 Å². The van der Waals surface area contributed by atoms with Crippen molar-refractivity contribution in [2.45, 2.75) is 18.5 Å². The van der Waals surface area contributed by atoms with E-state index in [2.05, 4.69) is 16.0 Å². The fraction of sp³-hybridized carbons (Fsp3) is 0.600. The van der Waals surface area contributed by atoms with Crippen molar-refractivity contribution < 1.29 is 24.3 Å². The highest BCUT2D eigenvalue weighted by Crippen LogP contribution is 1.90. The van der Waals surface area contributed by atoms with Gasteiger partial charge in [-0.2, -0.15) is 0 Å². The van der Waals surface area contributed by atoms with Crippen LogP contribution in [0.4, 0.5) is 0 Å². The van der Waals surface area contributed by atoms with E-state index in [1.165, 1.54) is 0 Å². The number of carboxylic acids is 1.